The average molecular weight is 631 g/mol. The monoisotopic (exact) mass is 630 g/mol. The highest BCUT2D eigenvalue weighted by molar-refractivity contribution is 5.92. The summed E-state index contributed by atoms with van der Waals surface area (Å²) in [5.41, 5.74) is 3.88. The summed E-state index contributed by atoms with van der Waals surface area (Å²) in [6.45, 7) is 10.0. The summed E-state index contributed by atoms with van der Waals surface area (Å²) >= 11 is 0. The van der Waals surface area contributed by atoms with Gasteiger partial charge in [0.2, 0.25) is 11.8 Å². The van der Waals surface area contributed by atoms with Crippen molar-refractivity contribution >= 4 is 23.2 Å². The van der Waals surface area contributed by atoms with Crippen molar-refractivity contribution in [2.24, 2.45) is 0 Å². The molecule has 8 nitrogen and oxygen atoms in total. The number of rotatable bonds is 22. The maximum absolute atomic E-state index is 12.5. The van der Waals surface area contributed by atoms with Crippen LogP contribution in [0.5, 0.6) is 11.5 Å². The van der Waals surface area contributed by atoms with Gasteiger partial charge in [0.05, 0.1) is 14.2 Å². The zero-order chi connectivity index (χ0) is 33.0. The zero-order valence-corrected chi connectivity index (χ0v) is 28.4. The Morgan fingerprint density at radius 3 is 1.33 bits per heavy atom. The number of hydrogen-bond donors (Lipinski definition) is 2. The molecule has 0 aliphatic rings. The van der Waals surface area contributed by atoms with Gasteiger partial charge in [0.25, 0.3) is 0 Å². The van der Waals surface area contributed by atoms with Crippen molar-refractivity contribution in [3.8, 4) is 11.5 Å². The summed E-state index contributed by atoms with van der Waals surface area (Å²) in [4.78, 5) is 29.8. The zero-order valence-electron chi connectivity index (χ0n) is 28.4. The first-order valence-corrected chi connectivity index (χ1v) is 16.8. The van der Waals surface area contributed by atoms with E-state index in [1.54, 1.807) is 14.2 Å². The summed E-state index contributed by atoms with van der Waals surface area (Å²) in [5, 5.41) is 5.95. The predicted molar refractivity (Wildman–Crippen MR) is 189 cm³/mol. The third-order valence-electron chi connectivity index (χ3n) is 8.28. The molecule has 3 rings (SSSR count). The molecule has 3 aromatic rings. The Bertz CT molecular complexity index is 1210. The van der Waals surface area contributed by atoms with Crippen molar-refractivity contribution in [3.63, 3.8) is 0 Å². The fraction of sp³-hybridized carbons (Fsp3) is 0.474. The molecule has 0 fully saturated rings. The molecule has 0 bridgehead atoms. The molecule has 0 heterocycles. The number of nitrogens with zero attached hydrogens (tertiary/aromatic N) is 2. The van der Waals surface area contributed by atoms with Crippen LogP contribution in [0.25, 0.3) is 0 Å². The van der Waals surface area contributed by atoms with E-state index in [2.05, 4.69) is 46.4 Å². The first-order valence-electron chi connectivity index (χ1n) is 16.8. The van der Waals surface area contributed by atoms with Crippen LogP contribution in [0.3, 0.4) is 0 Å². The van der Waals surface area contributed by atoms with Crippen LogP contribution in [0.15, 0.2) is 72.8 Å². The minimum atomic E-state index is 0.0164. The normalized spacial score (nSPS) is 11.1. The molecule has 8 heteroatoms. The Hall–Kier alpha value is -3.88. The summed E-state index contributed by atoms with van der Waals surface area (Å²) in [6, 6.07) is 23.7. The van der Waals surface area contributed by atoms with Crippen molar-refractivity contribution < 1.29 is 19.1 Å². The predicted octanol–water partition coefficient (Wildman–Crippen LogP) is 7.75. The van der Waals surface area contributed by atoms with Crippen molar-refractivity contribution in [1.29, 1.82) is 0 Å². The lowest BCUT2D eigenvalue weighted by Crippen LogP contribution is -2.24. The molecular weight excluding hydrogens is 576 g/mol. The van der Waals surface area contributed by atoms with Crippen LogP contribution in [0.2, 0.25) is 0 Å². The topological polar surface area (TPSA) is 83.1 Å². The van der Waals surface area contributed by atoms with Crippen molar-refractivity contribution in [1.82, 2.24) is 9.80 Å². The van der Waals surface area contributed by atoms with Gasteiger partial charge in [-0.1, -0.05) is 63.1 Å². The molecule has 0 saturated carbocycles. The van der Waals surface area contributed by atoms with E-state index in [0.29, 0.717) is 12.8 Å². The number of nitrogens with one attached hydrogen (secondary N) is 2. The van der Waals surface area contributed by atoms with Crippen molar-refractivity contribution in [2.75, 3.05) is 51.0 Å². The van der Waals surface area contributed by atoms with Gasteiger partial charge in [-0.05, 0) is 88.3 Å². The number of ether oxygens (including phenoxy) is 2. The maximum atomic E-state index is 12.5. The molecule has 2 amide bonds. The van der Waals surface area contributed by atoms with E-state index in [-0.39, 0.29) is 11.8 Å². The van der Waals surface area contributed by atoms with Gasteiger partial charge in [0.1, 0.15) is 11.5 Å². The van der Waals surface area contributed by atoms with Crippen molar-refractivity contribution in [2.45, 2.75) is 78.3 Å². The summed E-state index contributed by atoms with van der Waals surface area (Å²) in [6.07, 6.45) is 6.79. The molecule has 0 atom stereocenters. The number of hydrogen-bond acceptors (Lipinski definition) is 6. The van der Waals surface area contributed by atoms with Gasteiger partial charge in [-0.25, -0.2) is 0 Å². The molecule has 0 spiro atoms. The number of methoxy groups -OCH3 is 2. The molecule has 0 unspecified atom stereocenters. The summed E-state index contributed by atoms with van der Waals surface area (Å²) in [7, 11) is 3.42. The summed E-state index contributed by atoms with van der Waals surface area (Å²) in [5.74, 6) is 1.89. The fourth-order valence-corrected chi connectivity index (χ4v) is 5.53. The lowest BCUT2D eigenvalue weighted by atomic mass is 10.1. The van der Waals surface area contributed by atoms with E-state index in [1.807, 2.05) is 60.7 Å². The second-order valence-corrected chi connectivity index (χ2v) is 11.7. The van der Waals surface area contributed by atoms with Crippen LogP contribution in [-0.4, -0.2) is 62.0 Å². The molecular formula is C38H54N4O4. The lowest BCUT2D eigenvalue weighted by Gasteiger charge is -2.21. The van der Waals surface area contributed by atoms with E-state index < -0.39 is 0 Å². The smallest absolute Gasteiger partial charge is 0.224 e. The third-order valence-corrected chi connectivity index (χ3v) is 8.28. The fourth-order valence-electron chi connectivity index (χ4n) is 5.53. The SMILES string of the molecule is CCN(CCCCCC(=O)Nc1ccc(NC(=O)CCCCCN(CC)Cc2ccccc2OC)cc1)Cc1ccccc1OC. The quantitative estimate of drug-likeness (QED) is 0.111. The van der Waals surface area contributed by atoms with Gasteiger partial charge in [-0.3, -0.25) is 19.4 Å². The van der Waals surface area contributed by atoms with E-state index in [9.17, 15) is 9.59 Å². The number of anilines is 2. The number of benzene rings is 3. The maximum Gasteiger partial charge on any atom is 0.224 e. The Balaban J connectivity index is 1.26. The summed E-state index contributed by atoms with van der Waals surface area (Å²) < 4.78 is 11.0. The molecule has 3 aromatic carbocycles. The lowest BCUT2D eigenvalue weighted by molar-refractivity contribution is -0.117. The minimum absolute atomic E-state index is 0.0164. The van der Waals surface area contributed by atoms with E-state index >= 15 is 0 Å². The molecule has 46 heavy (non-hydrogen) atoms. The molecule has 250 valence electrons. The van der Waals surface area contributed by atoms with Crippen LogP contribution < -0.4 is 20.1 Å². The Kier molecular flexibility index (Phi) is 16.7. The Morgan fingerprint density at radius 2 is 0.957 bits per heavy atom. The molecule has 2 N–H and O–H groups in total. The largest absolute Gasteiger partial charge is 0.496 e. The second-order valence-electron chi connectivity index (χ2n) is 11.7. The third kappa shape index (κ3) is 13.2. The van der Waals surface area contributed by atoms with Gasteiger partial charge >= 0.3 is 0 Å². The number of carbonyl (C=O) groups is 2. The van der Waals surface area contributed by atoms with Crippen LogP contribution in [0.1, 0.15) is 76.3 Å². The van der Waals surface area contributed by atoms with Gasteiger partial charge in [0, 0.05) is 48.4 Å². The number of unbranched alkanes of at least 4 members (excludes halogenated alkanes) is 4. The first-order chi connectivity index (χ1) is 22.4. The highest BCUT2D eigenvalue weighted by Gasteiger charge is 2.10. The molecule has 0 aromatic heterocycles. The van der Waals surface area contributed by atoms with E-state index in [0.717, 1.165) is 101 Å². The molecule has 0 aliphatic heterocycles. The standard InChI is InChI=1S/C38H54N4O4/c1-5-41(29-31-17-11-13-19-35(31)45-3)27-15-7-9-21-37(43)39-33-23-25-34(26-24-33)40-38(44)22-10-8-16-28-42(6-2)30-32-18-12-14-20-36(32)46-4/h11-14,17-20,23-26H,5-10,15-16,21-22,27-30H2,1-4H3,(H,39,43)(H,40,44). The van der Waals surface area contributed by atoms with E-state index in [1.165, 1.54) is 11.1 Å². The van der Waals surface area contributed by atoms with Gasteiger partial charge in [-0.2, -0.15) is 0 Å². The number of carbonyl (C=O) groups excluding carboxylic acids is 2. The molecule has 0 aliphatic carbocycles. The molecule has 0 saturated heterocycles. The van der Waals surface area contributed by atoms with Gasteiger partial charge in [0.15, 0.2) is 0 Å². The molecule has 0 radical (unpaired) electrons. The van der Waals surface area contributed by atoms with Crippen LogP contribution in [0.4, 0.5) is 11.4 Å². The van der Waals surface area contributed by atoms with Gasteiger partial charge < -0.3 is 20.1 Å². The first kappa shape index (κ1) is 36.6. The highest BCUT2D eigenvalue weighted by atomic mass is 16.5. The average Bonchev–Trinajstić information content (AvgIpc) is 3.08. The highest BCUT2D eigenvalue weighted by Crippen LogP contribution is 2.21. The van der Waals surface area contributed by atoms with Crippen LogP contribution in [-0.2, 0) is 22.7 Å². The Labute approximate surface area is 276 Å². The number of para-hydroxylation sites is 2. The van der Waals surface area contributed by atoms with Crippen molar-refractivity contribution in [3.05, 3.63) is 83.9 Å². The van der Waals surface area contributed by atoms with E-state index in [4.69, 9.17) is 9.47 Å². The minimum Gasteiger partial charge on any atom is -0.496 e. The van der Waals surface area contributed by atoms with Crippen LogP contribution in [0, 0.1) is 0 Å². The van der Waals surface area contributed by atoms with Gasteiger partial charge in [-0.15, -0.1) is 0 Å². The number of amides is 2. The second kappa shape index (κ2) is 21.0. The van der Waals surface area contributed by atoms with Crippen LogP contribution >= 0.6 is 0 Å². The Morgan fingerprint density at radius 1 is 0.565 bits per heavy atom.